The Labute approximate surface area is 113 Å². The molecule has 1 heterocycles. The molecule has 1 radical (unpaired) electrons. The van der Waals surface area contributed by atoms with E-state index in [0.717, 1.165) is 12.8 Å². The fraction of sp³-hybridized carbons (Fsp3) is 0.769. The number of carbonyl (C=O) groups excluding carboxylic acids is 3. The zero-order chi connectivity index (χ0) is 14.4. The number of epoxide rings is 1. The van der Waals surface area contributed by atoms with Crippen LogP contribution in [0.15, 0.2) is 0 Å². The van der Waals surface area contributed by atoms with Crippen molar-refractivity contribution in [3.8, 4) is 0 Å². The average molecular weight is 269 g/mol. The summed E-state index contributed by atoms with van der Waals surface area (Å²) in [6, 6.07) is -0.652. The minimum Gasteiger partial charge on any atom is -0.354 e. The zero-order valence-electron chi connectivity index (χ0n) is 11.6. The summed E-state index contributed by atoms with van der Waals surface area (Å²) in [6.07, 6.45) is 1.88. The Morgan fingerprint density at radius 2 is 1.89 bits per heavy atom. The lowest BCUT2D eigenvalue weighted by Crippen LogP contribution is -2.43. The lowest BCUT2D eigenvalue weighted by atomic mass is 10.0. The fourth-order valence-electron chi connectivity index (χ4n) is 1.62. The summed E-state index contributed by atoms with van der Waals surface area (Å²) in [7, 11) is 0. The lowest BCUT2D eigenvalue weighted by molar-refractivity contribution is -0.124. The summed E-state index contributed by atoms with van der Waals surface area (Å²) in [5.41, 5.74) is 0. The van der Waals surface area contributed by atoms with Crippen LogP contribution in [0.1, 0.15) is 33.6 Å². The number of carbonyl (C=O) groups is 2. The molecule has 0 unspecified atom stereocenters. The molecule has 6 nitrogen and oxygen atoms in total. The Morgan fingerprint density at radius 1 is 1.26 bits per heavy atom. The van der Waals surface area contributed by atoms with E-state index in [2.05, 4.69) is 10.6 Å². The second-order valence-electron chi connectivity index (χ2n) is 4.76. The van der Waals surface area contributed by atoms with Crippen LogP contribution in [0, 0.1) is 5.92 Å². The smallest absolute Gasteiger partial charge is 0.253 e. The Morgan fingerprint density at radius 3 is 2.42 bits per heavy atom. The van der Waals surface area contributed by atoms with Crippen LogP contribution in [0.4, 0.5) is 0 Å². The van der Waals surface area contributed by atoms with Crippen LogP contribution in [0.3, 0.4) is 0 Å². The van der Waals surface area contributed by atoms with Crippen molar-refractivity contribution >= 4 is 18.1 Å². The normalized spacial score (nSPS) is 24.2. The highest BCUT2D eigenvalue weighted by Crippen LogP contribution is 2.22. The van der Waals surface area contributed by atoms with E-state index in [1.807, 2.05) is 20.8 Å². The average Bonchev–Trinajstić information content (AvgIpc) is 3.21. The van der Waals surface area contributed by atoms with Gasteiger partial charge in [0, 0.05) is 6.54 Å². The van der Waals surface area contributed by atoms with Crippen molar-refractivity contribution in [3.63, 3.8) is 0 Å². The maximum absolute atomic E-state index is 11.8. The van der Waals surface area contributed by atoms with Crippen molar-refractivity contribution in [3.05, 3.63) is 0 Å². The van der Waals surface area contributed by atoms with Crippen LogP contribution in [0.2, 0.25) is 0 Å². The molecular weight excluding hydrogens is 248 g/mol. The van der Waals surface area contributed by atoms with Gasteiger partial charge in [-0.05, 0) is 12.3 Å². The Bertz CT molecular complexity index is 346. The molecule has 1 aliphatic rings. The van der Waals surface area contributed by atoms with Crippen LogP contribution in [-0.4, -0.2) is 42.9 Å². The van der Waals surface area contributed by atoms with Gasteiger partial charge in [0.25, 0.3) is 11.8 Å². The van der Waals surface area contributed by atoms with Gasteiger partial charge in [-0.3, -0.25) is 14.4 Å². The molecular formula is C13H21N2O4. The van der Waals surface area contributed by atoms with Gasteiger partial charge in [-0.2, -0.15) is 0 Å². The maximum Gasteiger partial charge on any atom is 0.253 e. The Hall–Kier alpha value is -1.43. The van der Waals surface area contributed by atoms with Gasteiger partial charge in [-0.25, -0.2) is 0 Å². The molecule has 0 aromatic carbocycles. The van der Waals surface area contributed by atoms with E-state index in [1.165, 1.54) is 0 Å². The van der Waals surface area contributed by atoms with E-state index < -0.39 is 24.2 Å². The molecule has 0 aromatic heterocycles. The summed E-state index contributed by atoms with van der Waals surface area (Å²) in [4.78, 5) is 34.1. The first-order valence-electron chi connectivity index (χ1n) is 6.66. The summed E-state index contributed by atoms with van der Waals surface area (Å²) in [6.45, 7) is 6.28. The maximum atomic E-state index is 11.8. The highest BCUT2D eigenvalue weighted by atomic mass is 16.6. The van der Waals surface area contributed by atoms with Crippen molar-refractivity contribution in [2.75, 3.05) is 6.54 Å². The molecule has 0 bridgehead atoms. The first-order chi connectivity index (χ1) is 9.04. The topological polar surface area (TPSA) is 87.8 Å². The quantitative estimate of drug-likeness (QED) is 0.603. The van der Waals surface area contributed by atoms with Crippen LogP contribution < -0.4 is 10.6 Å². The van der Waals surface area contributed by atoms with E-state index in [9.17, 15) is 14.4 Å². The molecule has 19 heavy (non-hydrogen) atoms. The van der Waals surface area contributed by atoms with Gasteiger partial charge < -0.3 is 15.4 Å². The summed E-state index contributed by atoms with van der Waals surface area (Å²) >= 11 is 0. The van der Waals surface area contributed by atoms with Crippen molar-refractivity contribution in [1.29, 1.82) is 0 Å². The second kappa shape index (κ2) is 7.23. The van der Waals surface area contributed by atoms with Crippen molar-refractivity contribution in [2.24, 2.45) is 5.92 Å². The van der Waals surface area contributed by atoms with Gasteiger partial charge in [0.05, 0.1) is 6.04 Å². The number of rotatable bonds is 8. The Kier molecular flexibility index (Phi) is 5.95. The first-order valence-corrected chi connectivity index (χ1v) is 6.66. The van der Waals surface area contributed by atoms with E-state index in [-0.39, 0.29) is 11.8 Å². The highest BCUT2D eigenvalue weighted by molar-refractivity contribution is 5.95. The number of hydrogen-bond donors (Lipinski definition) is 2. The summed E-state index contributed by atoms with van der Waals surface area (Å²) in [5, 5.41) is 5.21. The molecule has 0 spiro atoms. The van der Waals surface area contributed by atoms with Crippen LogP contribution in [0.5, 0.6) is 0 Å². The predicted molar refractivity (Wildman–Crippen MR) is 69.0 cm³/mol. The van der Waals surface area contributed by atoms with Crippen molar-refractivity contribution in [1.82, 2.24) is 10.6 Å². The molecule has 1 aliphatic heterocycles. The molecule has 6 heteroatoms. The second-order valence-corrected chi connectivity index (χ2v) is 4.76. The van der Waals surface area contributed by atoms with Gasteiger partial charge in [-0.1, -0.05) is 27.2 Å². The number of ether oxygens (including phenoxy) is 1. The molecule has 107 valence electrons. The number of amides is 2. The van der Waals surface area contributed by atoms with Crippen LogP contribution in [-0.2, 0) is 19.1 Å². The zero-order valence-corrected chi connectivity index (χ0v) is 11.6. The minimum absolute atomic E-state index is 0.00701. The van der Waals surface area contributed by atoms with Gasteiger partial charge in [-0.15, -0.1) is 0 Å². The molecule has 1 fully saturated rings. The van der Waals surface area contributed by atoms with E-state index in [4.69, 9.17) is 4.74 Å². The summed E-state index contributed by atoms with van der Waals surface area (Å²) in [5.74, 6) is -0.699. The largest absolute Gasteiger partial charge is 0.354 e. The van der Waals surface area contributed by atoms with Crippen LogP contribution >= 0.6 is 0 Å². The third-order valence-corrected chi connectivity index (χ3v) is 3.20. The van der Waals surface area contributed by atoms with E-state index in [0.29, 0.717) is 6.54 Å². The minimum atomic E-state index is -0.781. The first kappa shape index (κ1) is 15.6. The molecule has 0 saturated carbocycles. The van der Waals surface area contributed by atoms with Gasteiger partial charge in [0.2, 0.25) is 6.29 Å². The molecule has 4 atom stereocenters. The number of nitrogens with one attached hydrogen (secondary N) is 2. The highest BCUT2D eigenvalue weighted by Gasteiger charge is 2.50. The lowest BCUT2D eigenvalue weighted by Gasteiger charge is -2.17. The molecule has 0 aromatic rings. The van der Waals surface area contributed by atoms with Crippen LogP contribution in [0.25, 0.3) is 0 Å². The van der Waals surface area contributed by atoms with E-state index >= 15 is 0 Å². The van der Waals surface area contributed by atoms with Crippen molar-refractivity contribution < 1.29 is 19.1 Å². The van der Waals surface area contributed by atoms with Gasteiger partial charge in [0.15, 0.2) is 12.2 Å². The molecule has 1 rings (SSSR count). The third-order valence-electron chi connectivity index (χ3n) is 3.20. The predicted octanol–water partition coefficient (Wildman–Crippen LogP) is -0.0794. The fourth-order valence-corrected chi connectivity index (χ4v) is 1.62. The standard InChI is InChI=1S/C13H21N2O4/c1-4-6-14-12(17)10-11(19-10)13(18)15-9(7-16)8(3)5-2/h8-11H,4-6H2,1-3H3,(H,14,17)(H,15,18)/t8-,9+,10-,11-/m0/s1. The third kappa shape index (κ3) is 4.31. The molecule has 2 amide bonds. The van der Waals surface area contributed by atoms with Crippen molar-refractivity contribution in [2.45, 2.75) is 51.9 Å². The molecule has 0 aliphatic carbocycles. The monoisotopic (exact) mass is 269 g/mol. The van der Waals surface area contributed by atoms with Gasteiger partial charge in [0.1, 0.15) is 0 Å². The summed E-state index contributed by atoms with van der Waals surface area (Å²) < 4.78 is 5.04. The molecule has 2 N–H and O–H groups in total. The Balaban J connectivity index is 2.40. The van der Waals surface area contributed by atoms with Gasteiger partial charge >= 0.3 is 0 Å². The molecule has 1 saturated heterocycles. The number of hydrogen-bond acceptors (Lipinski definition) is 4. The SMILES string of the molecule is CCCNC(=O)[C@H]1O[C@@H]1C(=O)N[C@H]([C]=O)[C@@H](C)CC. The van der Waals surface area contributed by atoms with E-state index in [1.54, 1.807) is 6.29 Å².